The summed E-state index contributed by atoms with van der Waals surface area (Å²) in [4.78, 5) is 24.4. The van der Waals surface area contributed by atoms with E-state index in [1.54, 1.807) is 4.90 Å². The maximum absolute atomic E-state index is 11.6. The van der Waals surface area contributed by atoms with E-state index < -0.39 is 6.10 Å². The summed E-state index contributed by atoms with van der Waals surface area (Å²) in [7, 11) is 0. The summed E-state index contributed by atoms with van der Waals surface area (Å²) >= 11 is 0. The van der Waals surface area contributed by atoms with Gasteiger partial charge in [0, 0.05) is 19.7 Å². The van der Waals surface area contributed by atoms with Crippen LogP contribution in [0, 0.1) is 0 Å². The summed E-state index contributed by atoms with van der Waals surface area (Å²) in [6.45, 7) is 3.38. The molecule has 0 aliphatic carbocycles. The molecule has 6 heteroatoms. The molecule has 98 valence electrons. The Morgan fingerprint density at radius 1 is 1.53 bits per heavy atom. The Hall–Kier alpha value is -1.14. The second kappa shape index (κ2) is 7.24. The van der Waals surface area contributed by atoms with Gasteiger partial charge in [0.15, 0.2) is 0 Å². The molecule has 1 unspecified atom stereocenters. The number of amides is 2. The van der Waals surface area contributed by atoms with E-state index in [1.807, 2.05) is 6.92 Å². The summed E-state index contributed by atoms with van der Waals surface area (Å²) in [5.74, 6) is -0.447. The molecule has 0 spiro atoms. The molecule has 0 saturated carbocycles. The number of ether oxygens (including phenoxy) is 1. The van der Waals surface area contributed by atoms with Crippen LogP contribution in [0.4, 0.5) is 0 Å². The number of nitrogens with one attached hydrogen (secondary N) is 1. The van der Waals surface area contributed by atoms with Crippen LogP contribution in [0.15, 0.2) is 0 Å². The third kappa shape index (κ3) is 5.14. The first-order valence-corrected chi connectivity index (χ1v) is 5.93. The number of carbonyl (C=O) groups excluding carboxylic acids is 2. The number of hydrogen-bond donors (Lipinski definition) is 2. The number of likely N-dealkylation sites (tertiary alicyclic amines) is 1. The largest absolute Gasteiger partial charge is 0.391 e. The van der Waals surface area contributed by atoms with Crippen LogP contribution in [0.1, 0.15) is 19.8 Å². The fraction of sp³-hybridized carbons (Fsp3) is 0.818. The molecule has 0 radical (unpaired) electrons. The van der Waals surface area contributed by atoms with Crippen molar-refractivity contribution >= 4 is 11.8 Å². The van der Waals surface area contributed by atoms with Gasteiger partial charge in [-0.1, -0.05) is 6.92 Å². The molecule has 1 saturated heterocycles. The lowest BCUT2D eigenvalue weighted by Crippen LogP contribution is -2.40. The summed E-state index contributed by atoms with van der Waals surface area (Å²) in [6.07, 6.45) is 1.04. The second-order valence-electron chi connectivity index (χ2n) is 4.11. The normalized spacial score (nSPS) is 19.4. The van der Waals surface area contributed by atoms with Crippen LogP contribution in [-0.4, -0.2) is 60.8 Å². The van der Waals surface area contributed by atoms with Crippen LogP contribution < -0.4 is 5.32 Å². The average Bonchev–Trinajstić information content (AvgIpc) is 2.73. The molecule has 0 aromatic rings. The lowest BCUT2D eigenvalue weighted by molar-refractivity contribution is -0.133. The van der Waals surface area contributed by atoms with Crippen molar-refractivity contribution in [3.8, 4) is 0 Å². The summed E-state index contributed by atoms with van der Waals surface area (Å²) in [5.41, 5.74) is 0. The van der Waals surface area contributed by atoms with Crippen molar-refractivity contribution in [1.82, 2.24) is 10.2 Å². The van der Waals surface area contributed by atoms with Crippen molar-refractivity contribution in [1.29, 1.82) is 0 Å². The Morgan fingerprint density at radius 2 is 2.29 bits per heavy atom. The first-order chi connectivity index (χ1) is 8.13. The van der Waals surface area contributed by atoms with Gasteiger partial charge in [0.1, 0.15) is 6.61 Å². The molecule has 0 aromatic carbocycles. The standard InChI is InChI=1S/C11H20N2O4/c1-2-5-17-8-10(15)12-6-11(16)13-4-3-9(14)7-13/h9,14H,2-8H2,1H3,(H,12,15). The van der Waals surface area contributed by atoms with E-state index in [9.17, 15) is 14.7 Å². The third-order valence-corrected chi connectivity index (χ3v) is 2.53. The predicted molar refractivity (Wildman–Crippen MR) is 61.3 cm³/mol. The highest BCUT2D eigenvalue weighted by molar-refractivity contribution is 5.85. The minimum Gasteiger partial charge on any atom is -0.391 e. The van der Waals surface area contributed by atoms with Gasteiger partial charge in [0.05, 0.1) is 12.6 Å². The van der Waals surface area contributed by atoms with Gasteiger partial charge in [-0.05, 0) is 12.8 Å². The molecule has 1 atom stereocenters. The molecule has 1 heterocycles. The number of nitrogens with zero attached hydrogens (tertiary/aromatic N) is 1. The zero-order valence-corrected chi connectivity index (χ0v) is 10.1. The van der Waals surface area contributed by atoms with Crippen molar-refractivity contribution in [2.24, 2.45) is 0 Å². The van der Waals surface area contributed by atoms with Crippen LogP contribution >= 0.6 is 0 Å². The fourth-order valence-corrected chi connectivity index (χ4v) is 1.61. The van der Waals surface area contributed by atoms with Gasteiger partial charge in [-0.25, -0.2) is 0 Å². The van der Waals surface area contributed by atoms with E-state index in [0.717, 1.165) is 6.42 Å². The van der Waals surface area contributed by atoms with E-state index >= 15 is 0 Å². The van der Waals surface area contributed by atoms with Crippen molar-refractivity contribution < 1.29 is 19.4 Å². The van der Waals surface area contributed by atoms with Crippen molar-refractivity contribution in [2.75, 3.05) is 32.8 Å². The van der Waals surface area contributed by atoms with Crippen molar-refractivity contribution in [3.63, 3.8) is 0 Å². The highest BCUT2D eigenvalue weighted by Crippen LogP contribution is 2.07. The highest BCUT2D eigenvalue weighted by Gasteiger charge is 2.24. The third-order valence-electron chi connectivity index (χ3n) is 2.53. The molecule has 0 bridgehead atoms. The molecule has 2 amide bonds. The minimum absolute atomic E-state index is 0.0102. The molecule has 0 aromatic heterocycles. The number of hydrogen-bond acceptors (Lipinski definition) is 4. The van der Waals surface area contributed by atoms with Crippen LogP contribution in [0.5, 0.6) is 0 Å². The Balaban J connectivity index is 2.13. The number of aliphatic hydroxyl groups is 1. The van der Waals surface area contributed by atoms with Crippen molar-refractivity contribution in [3.05, 3.63) is 0 Å². The topological polar surface area (TPSA) is 78.9 Å². The molecule has 1 rings (SSSR count). The second-order valence-corrected chi connectivity index (χ2v) is 4.11. The van der Waals surface area contributed by atoms with Gasteiger partial charge in [-0.2, -0.15) is 0 Å². The zero-order chi connectivity index (χ0) is 12.7. The minimum atomic E-state index is -0.428. The van der Waals surface area contributed by atoms with E-state index in [4.69, 9.17) is 4.74 Å². The molecular weight excluding hydrogens is 224 g/mol. The lowest BCUT2D eigenvalue weighted by atomic mass is 10.3. The summed E-state index contributed by atoms with van der Waals surface area (Å²) < 4.78 is 5.04. The van der Waals surface area contributed by atoms with Crippen LogP contribution in [0.25, 0.3) is 0 Å². The Bertz CT molecular complexity index is 270. The van der Waals surface area contributed by atoms with Crippen LogP contribution in [0.3, 0.4) is 0 Å². The van der Waals surface area contributed by atoms with Crippen LogP contribution in [-0.2, 0) is 14.3 Å². The Morgan fingerprint density at radius 3 is 2.88 bits per heavy atom. The van der Waals surface area contributed by atoms with Gasteiger partial charge < -0.3 is 20.1 Å². The van der Waals surface area contributed by atoms with Gasteiger partial charge >= 0.3 is 0 Å². The molecule has 2 N–H and O–H groups in total. The molecule has 1 aliphatic rings. The summed E-state index contributed by atoms with van der Waals surface area (Å²) in [5, 5.41) is 11.8. The maximum Gasteiger partial charge on any atom is 0.246 e. The lowest BCUT2D eigenvalue weighted by Gasteiger charge is -2.15. The van der Waals surface area contributed by atoms with E-state index in [0.29, 0.717) is 26.1 Å². The van der Waals surface area contributed by atoms with Crippen molar-refractivity contribution in [2.45, 2.75) is 25.9 Å². The zero-order valence-electron chi connectivity index (χ0n) is 10.1. The maximum atomic E-state index is 11.6. The first kappa shape index (κ1) is 13.9. The molecule has 1 fully saturated rings. The van der Waals surface area contributed by atoms with Gasteiger partial charge in [-0.3, -0.25) is 9.59 Å². The SMILES string of the molecule is CCCOCC(=O)NCC(=O)N1CCC(O)C1. The monoisotopic (exact) mass is 244 g/mol. The number of rotatable bonds is 6. The van der Waals surface area contributed by atoms with Gasteiger partial charge in [0.25, 0.3) is 0 Å². The smallest absolute Gasteiger partial charge is 0.246 e. The summed E-state index contributed by atoms with van der Waals surface area (Å²) in [6, 6.07) is 0. The van der Waals surface area contributed by atoms with Gasteiger partial charge in [-0.15, -0.1) is 0 Å². The Kier molecular flexibility index (Phi) is 5.93. The number of carbonyl (C=O) groups is 2. The van der Waals surface area contributed by atoms with Gasteiger partial charge in [0.2, 0.25) is 11.8 Å². The molecule has 17 heavy (non-hydrogen) atoms. The fourth-order valence-electron chi connectivity index (χ4n) is 1.61. The van der Waals surface area contributed by atoms with Crippen LogP contribution in [0.2, 0.25) is 0 Å². The number of β-amino-alcohol motifs (C(OH)–C–C–N with tert-alkyl or cyclic N) is 1. The number of aliphatic hydroxyl groups excluding tert-OH is 1. The van der Waals surface area contributed by atoms with E-state index in [2.05, 4.69) is 5.32 Å². The quantitative estimate of drug-likeness (QED) is 0.595. The predicted octanol–water partition coefficient (Wildman–Crippen LogP) is -0.878. The average molecular weight is 244 g/mol. The molecule has 1 aliphatic heterocycles. The van der Waals surface area contributed by atoms with E-state index in [-0.39, 0.29) is 25.0 Å². The molecule has 6 nitrogen and oxygen atoms in total. The molecular formula is C11H20N2O4. The highest BCUT2D eigenvalue weighted by atomic mass is 16.5. The first-order valence-electron chi connectivity index (χ1n) is 5.93. The Labute approximate surface area is 101 Å². The van der Waals surface area contributed by atoms with E-state index in [1.165, 1.54) is 0 Å².